The third-order valence-corrected chi connectivity index (χ3v) is 5.70. The average Bonchev–Trinajstić information content (AvgIpc) is 3.09. The minimum absolute atomic E-state index is 0.0543. The number of benzene rings is 2. The molecule has 2 aromatic carbocycles. The highest BCUT2D eigenvalue weighted by molar-refractivity contribution is 5.99. The molecule has 140 valence electrons. The lowest BCUT2D eigenvalue weighted by atomic mass is 9.73. The molecule has 1 fully saturated rings. The number of carboxylic acid groups (broad SMARTS) is 1. The fraction of sp³-hybridized carbons (Fsp3) is 0.333. The molecule has 0 aliphatic carbocycles. The molecule has 0 unspecified atom stereocenters. The first-order chi connectivity index (χ1) is 13.0. The van der Waals surface area contributed by atoms with Gasteiger partial charge in [0, 0.05) is 24.6 Å². The van der Waals surface area contributed by atoms with Crippen molar-refractivity contribution in [2.75, 3.05) is 26.8 Å². The molecule has 0 aromatic heterocycles. The van der Waals surface area contributed by atoms with Gasteiger partial charge < -0.3 is 19.5 Å². The molecule has 6 nitrogen and oxygen atoms in total. The van der Waals surface area contributed by atoms with Crippen LogP contribution in [-0.2, 0) is 4.79 Å². The van der Waals surface area contributed by atoms with Gasteiger partial charge in [0.05, 0.1) is 12.7 Å². The summed E-state index contributed by atoms with van der Waals surface area (Å²) in [7, 11) is 1.53. The molecule has 1 amide bonds. The van der Waals surface area contributed by atoms with Crippen molar-refractivity contribution in [1.82, 2.24) is 4.90 Å². The van der Waals surface area contributed by atoms with Crippen molar-refractivity contribution < 1.29 is 24.2 Å². The number of aryl methyl sites for hydroxylation is 1. The van der Waals surface area contributed by atoms with E-state index in [1.54, 1.807) is 11.0 Å². The van der Waals surface area contributed by atoms with E-state index in [4.69, 9.17) is 9.47 Å². The highest BCUT2D eigenvalue weighted by Crippen LogP contribution is 2.50. The van der Waals surface area contributed by atoms with Crippen LogP contribution < -0.4 is 9.47 Å². The Morgan fingerprint density at radius 3 is 2.74 bits per heavy atom. The summed E-state index contributed by atoms with van der Waals surface area (Å²) in [6.07, 6.45) is 0. The maximum atomic E-state index is 13.3. The molecule has 0 spiro atoms. The van der Waals surface area contributed by atoms with Crippen molar-refractivity contribution in [3.63, 3.8) is 0 Å². The number of rotatable bonds is 3. The summed E-state index contributed by atoms with van der Waals surface area (Å²) in [5.74, 6) is -0.261. The minimum Gasteiger partial charge on any atom is -0.496 e. The second kappa shape index (κ2) is 6.30. The fourth-order valence-electron chi connectivity index (χ4n) is 4.24. The van der Waals surface area contributed by atoms with Crippen molar-refractivity contribution in [3.8, 4) is 11.5 Å². The van der Waals surface area contributed by atoms with Gasteiger partial charge in [-0.3, -0.25) is 9.59 Å². The number of ether oxygens (including phenoxy) is 2. The molecule has 2 aliphatic rings. The van der Waals surface area contributed by atoms with Crippen LogP contribution >= 0.6 is 0 Å². The molecule has 0 saturated carbocycles. The number of carboxylic acids is 1. The molecular formula is C21H21NO5. The fourth-order valence-corrected chi connectivity index (χ4v) is 4.24. The van der Waals surface area contributed by atoms with Crippen molar-refractivity contribution in [2.45, 2.75) is 12.8 Å². The number of carbonyl (C=O) groups is 2. The van der Waals surface area contributed by atoms with E-state index in [-0.39, 0.29) is 25.0 Å². The highest BCUT2D eigenvalue weighted by Gasteiger charge is 2.57. The Labute approximate surface area is 157 Å². The van der Waals surface area contributed by atoms with Crippen LogP contribution in [0.4, 0.5) is 0 Å². The number of aliphatic carboxylic acids is 1. The lowest BCUT2D eigenvalue weighted by Gasteiger charge is -2.35. The summed E-state index contributed by atoms with van der Waals surface area (Å²) in [6.45, 7) is 2.35. The van der Waals surface area contributed by atoms with E-state index in [2.05, 4.69) is 0 Å². The molecule has 1 saturated heterocycles. The van der Waals surface area contributed by atoms with Crippen LogP contribution in [0.5, 0.6) is 11.5 Å². The molecule has 6 heteroatoms. The summed E-state index contributed by atoms with van der Waals surface area (Å²) < 4.78 is 11.1. The second-order valence-electron chi connectivity index (χ2n) is 7.18. The standard InChI is InChI=1S/C21H21NO5/c1-13-6-5-9-17(26-2)18(13)19(23)22-10-15-14-7-3-4-8-16(14)27-12-21(15,11-22)20(24)25/h3-9,15H,10-12H2,1-2H3,(H,24,25)/t15-,21-/m1/s1. The van der Waals surface area contributed by atoms with Crippen LogP contribution in [-0.4, -0.2) is 48.7 Å². The molecule has 2 aromatic rings. The molecule has 0 radical (unpaired) electrons. The third kappa shape index (κ3) is 2.55. The largest absolute Gasteiger partial charge is 0.496 e. The van der Waals surface area contributed by atoms with E-state index < -0.39 is 11.4 Å². The highest BCUT2D eigenvalue weighted by atomic mass is 16.5. The number of hydrogen-bond donors (Lipinski definition) is 1. The van der Waals surface area contributed by atoms with Gasteiger partial charge in [-0.1, -0.05) is 30.3 Å². The van der Waals surface area contributed by atoms with Crippen molar-refractivity contribution >= 4 is 11.9 Å². The van der Waals surface area contributed by atoms with Gasteiger partial charge in [0.1, 0.15) is 23.5 Å². The van der Waals surface area contributed by atoms with Crippen molar-refractivity contribution in [1.29, 1.82) is 0 Å². The Balaban J connectivity index is 1.74. The number of likely N-dealkylation sites (tertiary alicyclic amines) is 1. The van der Waals surface area contributed by atoms with Crippen molar-refractivity contribution in [2.24, 2.45) is 5.41 Å². The predicted molar refractivity (Wildman–Crippen MR) is 98.4 cm³/mol. The third-order valence-electron chi connectivity index (χ3n) is 5.70. The summed E-state index contributed by atoms with van der Waals surface area (Å²) in [6, 6.07) is 12.9. The minimum atomic E-state index is -1.14. The smallest absolute Gasteiger partial charge is 0.315 e. The Morgan fingerprint density at radius 2 is 2.00 bits per heavy atom. The van der Waals surface area contributed by atoms with E-state index in [0.29, 0.717) is 23.6 Å². The number of nitrogens with zero attached hydrogens (tertiary/aromatic N) is 1. The molecule has 1 N–H and O–H groups in total. The first-order valence-electron chi connectivity index (χ1n) is 8.86. The van der Waals surface area contributed by atoms with E-state index in [0.717, 1.165) is 11.1 Å². The first kappa shape index (κ1) is 17.4. The van der Waals surface area contributed by atoms with Crippen LogP contribution in [0.2, 0.25) is 0 Å². The van der Waals surface area contributed by atoms with Gasteiger partial charge in [-0.25, -0.2) is 0 Å². The Kier molecular flexibility index (Phi) is 4.06. The zero-order chi connectivity index (χ0) is 19.2. The van der Waals surface area contributed by atoms with Crippen LogP contribution in [0.25, 0.3) is 0 Å². The lowest BCUT2D eigenvalue weighted by molar-refractivity contribution is -0.151. The van der Waals surface area contributed by atoms with Crippen LogP contribution in [0, 0.1) is 12.3 Å². The predicted octanol–water partition coefficient (Wildman–Crippen LogP) is 2.71. The molecule has 4 rings (SSSR count). The molecule has 0 bridgehead atoms. The maximum absolute atomic E-state index is 13.3. The van der Waals surface area contributed by atoms with Crippen LogP contribution in [0.15, 0.2) is 42.5 Å². The number of hydrogen-bond acceptors (Lipinski definition) is 4. The Hall–Kier alpha value is -3.02. The van der Waals surface area contributed by atoms with Crippen LogP contribution in [0.1, 0.15) is 27.4 Å². The normalized spacial score (nSPS) is 23.2. The van der Waals surface area contributed by atoms with Gasteiger partial charge in [-0.05, 0) is 24.6 Å². The van der Waals surface area contributed by atoms with Gasteiger partial charge in [-0.15, -0.1) is 0 Å². The second-order valence-corrected chi connectivity index (χ2v) is 7.18. The lowest BCUT2D eigenvalue weighted by Crippen LogP contribution is -2.46. The number of para-hydroxylation sites is 1. The number of fused-ring (bicyclic) bond motifs is 3. The summed E-state index contributed by atoms with van der Waals surface area (Å²) in [4.78, 5) is 27.1. The Bertz CT molecular complexity index is 925. The summed E-state index contributed by atoms with van der Waals surface area (Å²) in [5, 5.41) is 10.0. The van der Waals surface area contributed by atoms with E-state index >= 15 is 0 Å². The monoisotopic (exact) mass is 367 g/mol. The molecule has 2 atom stereocenters. The number of carbonyl (C=O) groups excluding carboxylic acids is 1. The first-order valence-corrected chi connectivity index (χ1v) is 8.86. The van der Waals surface area contributed by atoms with E-state index in [1.165, 1.54) is 7.11 Å². The van der Waals surface area contributed by atoms with E-state index in [9.17, 15) is 14.7 Å². The molecule has 2 aliphatic heterocycles. The van der Waals surface area contributed by atoms with Gasteiger partial charge in [0.15, 0.2) is 0 Å². The zero-order valence-corrected chi connectivity index (χ0v) is 15.3. The number of amides is 1. The zero-order valence-electron chi connectivity index (χ0n) is 15.3. The number of methoxy groups -OCH3 is 1. The Morgan fingerprint density at radius 1 is 1.22 bits per heavy atom. The van der Waals surface area contributed by atoms with Crippen molar-refractivity contribution in [3.05, 3.63) is 59.2 Å². The SMILES string of the molecule is COc1cccc(C)c1C(=O)N1C[C@@H]2c3ccccc3OC[C@]2(C(=O)O)C1. The molecular weight excluding hydrogens is 346 g/mol. The summed E-state index contributed by atoms with van der Waals surface area (Å²) >= 11 is 0. The molecule has 2 heterocycles. The van der Waals surface area contributed by atoms with E-state index in [1.807, 2.05) is 43.3 Å². The topological polar surface area (TPSA) is 76.1 Å². The quantitative estimate of drug-likeness (QED) is 0.903. The maximum Gasteiger partial charge on any atom is 0.315 e. The average molecular weight is 367 g/mol. The van der Waals surface area contributed by atoms with Gasteiger partial charge >= 0.3 is 5.97 Å². The van der Waals surface area contributed by atoms with Crippen LogP contribution in [0.3, 0.4) is 0 Å². The summed E-state index contributed by atoms with van der Waals surface area (Å²) in [5.41, 5.74) is 0.988. The van der Waals surface area contributed by atoms with Gasteiger partial charge in [-0.2, -0.15) is 0 Å². The van der Waals surface area contributed by atoms with Gasteiger partial charge in [0.25, 0.3) is 5.91 Å². The van der Waals surface area contributed by atoms with Gasteiger partial charge in [0.2, 0.25) is 0 Å². The molecule has 27 heavy (non-hydrogen) atoms.